The summed E-state index contributed by atoms with van der Waals surface area (Å²) in [5, 5.41) is 0. The molecule has 4 nitrogen and oxygen atoms in total. The van der Waals surface area contributed by atoms with Crippen molar-refractivity contribution in [2.45, 2.75) is 51.5 Å². The van der Waals surface area contributed by atoms with E-state index in [1.165, 1.54) is 22.3 Å². The van der Waals surface area contributed by atoms with Gasteiger partial charge in [0.1, 0.15) is 5.69 Å². The van der Waals surface area contributed by atoms with Gasteiger partial charge in [0.15, 0.2) is 5.84 Å². The Balaban J connectivity index is 1.26. The van der Waals surface area contributed by atoms with Gasteiger partial charge in [0.25, 0.3) is 0 Å². The van der Waals surface area contributed by atoms with E-state index in [1.807, 2.05) is 54.9 Å². The molecule has 0 spiro atoms. The number of benzene rings is 3. The third-order valence-electron chi connectivity index (χ3n) is 9.39. The van der Waals surface area contributed by atoms with E-state index in [1.54, 1.807) is 0 Å². The molecule has 0 saturated heterocycles. The van der Waals surface area contributed by atoms with Crippen LogP contribution in [0.3, 0.4) is 0 Å². The molecule has 0 N–H and O–H groups in total. The Morgan fingerprint density at radius 3 is 2.30 bits per heavy atom. The van der Waals surface area contributed by atoms with Crippen molar-refractivity contribution in [1.82, 2.24) is 4.98 Å². The average molecular weight is 599 g/mol. The highest BCUT2D eigenvalue weighted by molar-refractivity contribution is 6.14. The van der Waals surface area contributed by atoms with E-state index in [2.05, 4.69) is 94.1 Å². The number of allylic oxidation sites excluding steroid dienone is 5. The molecule has 0 amide bonds. The van der Waals surface area contributed by atoms with Crippen LogP contribution in [0, 0.1) is 0 Å². The zero-order valence-corrected chi connectivity index (χ0v) is 26.7. The standard InChI is InChI=1S/C42H38N4/c1-28(34-19-13-21-37-40(34)35-18-11-12-20-36(35)42(37,3)4)45-41(39-25-23-33(27-44-39)31-16-9-6-10-17-31)46-29(2)38-24-22-32(26-43-38)30-14-7-5-8-15-30/h5-11,13-19,21-23,25-27,38H,2,12,20,24H2,1,3-4H3. The van der Waals surface area contributed by atoms with Crippen LogP contribution in [0.15, 0.2) is 148 Å². The molecule has 1 atom stereocenters. The minimum absolute atomic E-state index is 0.00312. The Kier molecular flexibility index (Phi) is 7.88. The first-order valence-electron chi connectivity index (χ1n) is 16.1. The first kappa shape index (κ1) is 29.5. The molecule has 0 bridgehead atoms. The summed E-state index contributed by atoms with van der Waals surface area (Å²) in [7, 11) is 0. The fourth-order valence-corrected chi connectivity index (χ4v) is 6.84. The Hall–Kier alpha value is -5.22. The third kappa shape index (κ3) is 5.56. The quantitative estimate of drug-likeness (QED) is 0.161. The second kappa shape index (κ2) is 12.3. The van der Waals surface area contributed by atoms with Crippen LogP contribution in [0.2, 0.25) is 0 Å². The van der Waals surface area contributed by atoms with Gasteiger partial charge in [0.05, 0.1) is 11.7 Å². The number of hydrogen-bond donors (Lipinski definition) is 0. The number of hydrogen-bond acceptors (Lipinski definition) is 3. The van der Waals surface area contributed by atoms with E-state index >= 15 is 0 Å². The maximum Gasteiger partial charge on any atom is 0.178 e. The molecule has 1 unspecified atom stereocenters. The van der Waals surface area contributed by atoms with Crippen LogP contribution in [0.4, 0.5) is 0 Å². The molecular formula is C42H38N4. The summed E-state index contributed by atoms with van der Waals surface area (Å²) >= 11 is 0. The van der Waals surface area contributed by atoms with Gasteiger partial charge >= 0.3 is 0 Å². The smallest absolute Gasteiger partial charge is 0.178 e. The van der Waals surface area contributed by atoms with Crippen LogP contribution in [0.25, 0.3) is 22.3 Å². The Bertz CT molecular complexity index is 1990. The van der Waals surface area contributed by atoms with Crippen molar-refractivity contribution in [2.24, 2.45) is 15.0 Å². The van der Waals surface area contributed by atoms with Crippen LogP contribution in [0.1, 0.15) is 68.0 Å². The van der Waals surface area contributed by atoms with Crippen LogP contribution in [-0.4, -0.2) is 28.8 Å². The number of pyridine rings is 1. The molecule has 0 fully saturated rings. The average Bonchev–Trinajstić information content (AvgIpc) is 3.35. The van der Waals surface area contributed by atoms with E-state index in [0.717, 1.165) is 52.8 Å². The highest BCUT2D eigenvalue weighted by Crippen LogP contribution is 2.51. The highest BCUT2D eigenvalue weighted by atomic mass is 15.0. The molecule has 226 valence electrons. The molecule has 46 heavy (non-hydrogen) atoms. The van der Waals surface area contributed by atoms with Gasteiger partial charge in [0.2, 0.25) is 0 Å². The molecule has 4 aromatic rings. The summed E-state index contributed by atoms with van der Waals surface area (Å²) < 4.78 is 0. The molecule has 0 radical (unpaired) electrons. The third-order valence-corrected chi connectivity index (χ3v) is 9.39. The van der Waals surface area contributed by atoms with Crippen molar-refractivity contribution in [3.8, 4) is 11.1 Å². The lowest BCUT2D eigenvalue weighted by Gasteiger charge is -2.25. The van der Waals surface area contributed by atoms with Crippen molar-refractivity contribution >= 4 is 28.9 Å². The summed E-state index contributed by atoms with van der Waals surface area (Å²) in [6.07, 6.45) is 13.6. The number of amidine groups is 1. The van der Waals surface area contributed by atoms with Crippen molar-refractivity contribution in [2.75, 3.05) is 0 Å². The molecule has 3 aliphatic rings. The number of rotatable bonds is 6. The van der Waals surface area contributed by atoms with Gasteiger partial charge in [-0.25, -0.2) is 9.98 Å². The fourth-order valence-electron chi connectivity index (χ4n) is 6.84. The van der Waals surface area contributed by atoms with Crippen molar-refractivity contribution < 1.29 is 0 Å². The van der Waals surface area contributed by atoms with Crippen molar-refractivity contribution in [3.63, 3.8) is 0 Å². The van der Waals surface area contributed by atoms with Crippen LogP contribution in [0.5, 0.6) is 0 Å². The second-order valence-electron chi connectivity index (χ2n) is 12.7. The number of fused-ring (bicyclic) bond motifs is 2. The van der Waals surface area contributed by atoms with Crippen LogP contribution in [-0.2, 0) is 5.41 Å². The SMILES string of the molecule is C=C(N=C(N=C(C)c1cccc2c1C1=C(CCC=C1)C2(C)C)c1ccc(-c2ccccc2)cn1)C1CC=C(c2ccccc2)C=N1. The molecule has 3 aromatic carbocycles. The first-order valence-corrected chi connectivity index (χ1v) is 16.1. The molecule has 2 aliphatic carbocycles. The summed E-state index contributed by atoms with van der Waals surface area (Å²) in [4.78, 5) is 20.0. The summed E-state index contributed by atoms with van der Waals surface area (Å²) in [5.41, 5.74) is 13.4. The summed E-state index contributed by atoms with van der Waals surface area (Å²) in [6, 6.07) is 31.2. The highest BCUT2D eigenvalue weighted by Gasteiger charge is 2.38. The van der Waals surface area contributed by atoms with E-state index in [4.69, 9.17) is 20.0 Å². The Morgan fingerprint density at radius 2 is 1.61 bits per heavy atom. The largest absolute Gasteiger partial charge is 0.283 e. The maximum absolute atomic E-state index is 5.21. The van der Waals surface area contributed by atoms with Gasteiger partial charge in [-0.2, -0.15) is 0 Å². The van der Waals surface area contributed by atoms with E-state index in [-0.39, 0.29) is 11.5 Å². The van der Waals surface area contributed by atoms with Gasteiger partial charge in [-0.05, 0) is 65.7 Å². The lowest BCUT2D eigenvalue weighted by molar-refractivity contribution is 0.607. The zero-order chi connectivity index (χ0) is 31.7. The predicted octanol–water partition coefficient (Wildman–Crippen LogP) is 9.84. The van der Waals surface area contributed by atoms with Crippen LogP contribution >= 0.6 is 0 Å². The van der Waals surface area contributed by atoms with Crippen molar-refractivity contribution in [1.29, 1.82) is 0 Å². The lowest BCUT2D eigenvalue weighted by atomic mass is 9.78. The van der Waals surface area contributed by atoms with Crippen molar-refractivity contribution in [3.05, 3.63) is 161 Å². The Labute approximate surface area is 272 Å². The first-order chi connectivity index (χ1) is 22.4. The lowest BCUT2D eigenvalue weighted by Crippen LogP contribution is -2.18. The Morgan fingerprint density at radius 1 is 0.848 bits per heavy atom. The predicted molar refractivity (Wildman–Crippen MR) is 194 cm³/mol. The minimum Gasteiger partial charge on any atom is -0.283 e. The van der Waals surface area contributed by atoms with Gasteiger partial charge in [-0.1, -0.05) is 129 Å². The summed E-state index contributed by atoms with van der Waals surface area (Å²) in [5.74, 6) is 0.540. The van der Waals surface area contributed by atoms with Crippen LogP contribution < -0.4 is 0 Å². The second-order valence-corrected chi connectivity index (χ2v) is 12.7. The molecule has 1 aromatic heterocycles. The van der Waals surface area contributed by atoms with E-state index in [0.29, 0.717) is 17.2 Å². The van der Waals surface area contributed by atoms with Gasteiger partial charge in [0, 0.05) is 34.7 Å². The number of aliphatic imine (C=N–C) groups is 3. The van der Waals surface area contributed by atoms with Gasteiger partial charge in [-0.3, -0.25) is 9.98 Å². The molecule has 1 aliphatic heterocycles. The topological polar surface area (TPSA) is 50.0 Å². The maximum atomic E-state index is 5.21. The zero-order valence-electron chi connectivity index (χ0n) is 26.7. The number of dihydropyridines is 1. The van der Waals surface area contributed by atoms with Gasteiger partial charge < -0.3 is 0 Å². The molecule has 7 rings (SSSR count). The fraction of sp³-hybridized carbons (Fsp3) is 0.190. The van der Waals surface area contributed by atoms with Gasteiger partial charge in [-0.15, -0.1) is 0 Å². The monoisotopic (exact) mass is 598 g/mol. The number of nitrogens with zero attached hydrogens (tertiary/aromatic N) is 4. The van der Waals surface area contributed by atoms with E-state index < -0.39 is 0 Å². The molecule has 4 heteroatoms. The molecule has 2 heterocycles. The van der Waals surface area contributed by atoms with E-state index in [9.17, 15) is 0 Å². The minimum atomic E-state index is -0.163. The number of aromatic nitrogens is 1. The molecular weight excluding hydrogens is 560 g/mol. The normalized spacial score (nSPS) is 18.7. The summed E-state index contributed by atoms with van der Waals surface area (Å²) in [6.45, 7) is 11.2. The molecule has 0 saturated carbocycles.